The van der Waals surface area contributed by atoms with Gasteiger partial charge in [-0.1, -0.05) is 26.2 Å². The molecule has 2 N–H and O–H groups in total. The third kappa shape index (κ3) is 5.54. The molecule has 0 spiro atoms. The van der Waals surface area contributed by atoms with Gasteiger partial charge in [-0.25, -0.2) is 0 Å². The van der Waals surface area contributed by atoms with Crippen molar-refractivity contribution < 1.29 is 5.11 Å². The molecule has 124 valence electrons. The van der Waals surface area contributed by atoms with Gasteiger partial charge in [0, 0.05) is 19.6 Å². The maximum Gasteiger partial charge on any atom is 0.0632 e. The van der Waals surface area contributed by atoms with E-state index in [1.165, 1.54) is 58.2 Å². The summed E-state index contributed by atoms with van der Waals surface area (Å²) < 4.78 is 0. The van der Waals surface area contributed by atoms with Gasteiger partial charge in [0.2, 0.25) is 0 Å². The first-order valence-corrected chi connectivity index (χ1v) is 9.21. The van der Waals surface area contributed by atoms with E-state index >= 15 is 0 Å². The molecule has 0 bridgehead atoms. The van der Waals surface area contributed by atoms with E-state index in [1.807, 2.05) is 6.92 Å². The summed E-state index contributed by atoms with van der Waals surface area (Å²) in [5.74, 6) is 0. The molecule has 1 atom stereocenters. The Kier molecular flexibility index (Phi) is 6.51. The third-order valence-corrected chi connectivity index (χ3v) is 5.56. The van der Waals surface area contributed by atoms with Crippen molar-refractivity contribution in [3.8, 4) is 0 Å². The van der Waals surface area contributed by atoms with Crippen LogP contribution in [0.2, 0.25) is 0 Å². The minimum atomic E-state index is -0.436. The van der Waals surface area contributed by atoms with Gasteiger partial charge in [0.05, 0.1) is 5.60 Å². The summed E-state index contributed by atoms with van der Waals surface area (Å²) in [6.45, 7) is 10.1. The molecule has 1 heterocycles. The summed E-state index contributed by atoms with van der Waals surface area (Å²) in [5.41, 5.74) is 0.0541. The van der Waals surface area contributed by atoms with Crippen LogP contribution in [0.4, 0.5) is 0 Å². The molecule has 0 aromatic carbocycles. The normalized spacial score (nSPS) is 31.0. The van der Waals surface area contributed by atoms with Crippen LogP contribution in [-0.2, 0) is 0 Å². The van der Waals surface area contributed by atoms with Crippen molar-refractivity contribution in [2.75, 3.05) is 32.7 Å². The fourth-order valence-electron chi connectivity index (χ4n) is 4.17. The first kappa shape index (κ1) is 17.2. The molecule has 3 heteroatoms. The Hall–Kier alpha value is -0.120. The van der Waals surface area contributed by atoms with Crippen LogP contribution in [0.15, 0.2) is 0 Å². The maximum atomic E-state index is 10.3. The van der Waals surface area contributed by atoms with Crippen LogP contribution in [-0.4, -0.2) is 48.3 Å². The summed E-state index contributed by atoms with van der Waals surface area (Å²) in [5, 5.41) is 14.0. The van der Waals surface area contributed by atoms with E-state index in [9.17, 15) is 5.11 Å². The van der Waals surface area contributed by atoms with E-state index in [4.69, 9.17) is 0 Å². The van der Waals surface area contributed by atoms with E-state index in [2.05, 4.69) is 17.1 Å². The van der Waals surface area contributed by atoms with Crippen molar-refractivity contribution in [2.24, 2.45) is 5.41 Å². The fraction of sp³-hybridized carbons (Fsp3) is 1.00. The van der Waals surface area contributed by atoms with E-state index in [0.29, 0.717) is 5.41 Å². The molecular weight excluding hydrogens is 260 g/mol. The fourth-order valence-corrected chi connectivity index (χ4v) is 4.17. The Morgan fingerprint density at radius 1 is 1.00 bits per heavy atom. The van der Waals surface area contributed by atoms with Crippen molar-refractivity contribution in [1.29, 1.82) is 0 Å². The lowest BCUT2D eigenvalue weighted by Gasteiger charge is -2.41. The van der Waals surface area contributed by atoms with Gasteiger partial charge in [-0.05, 0) is 64.0 Å². The van der Waals surface area contributed by atoms with Gasteiger partial charge in [-0.15, -0.1) is 0 Å². The highest BCUT2D eigenvalue weighted by molar-refractivity contribution is 4.89. The van der Waals surface area contributed by atoms with Crippen molar-refractivity contribution in [1.82, 2.24) is 10.2 Å². The minimum Gasteiger partial charge on any atom is -0.390 e. The van der Waals surface area contributed by atoms with Crippen LogP contribution in [0.1, 0.15) is 71.6 Å². The van der Waals surface area contributed by atoms with E-state index < -0.39 is 5.60 Å². The first-order chi connectivity index (χ1) is 10.1. The van der Waals surface area contributed by atoms with Crippen LogP contribution in [0.25, 0.3) is 0 Å². The average molecular weight is 296 g/mol. The largest absolute Gasteiger partial charge is 0.390 e. The predicted octanol–water partition coefficient (Wildman–Crippen LogP) is 3.17. The molecule has 21 heavy (non-hydrogen) atoms. The summed E-state index contributed by atoms with van der Waals surface area (Å²) in [6.07, 6.45) is 11.3. The first-order valence-electron chi connectivity index (χ1n) is 9.21. The third-order valence-electron chi connectivity index (χ3n) is 5.56. The zero-order valence-corrected chi connectivity index (χ0v) is 14.3. The molecule has 2 fully saturated rings. The Balaban J connectivity index is 1.91. The highest BCUT2D eigenvalue weighted by atomic mass is 16.3. The second-order valence-corrected chi connectivity index (χ2v) is 7.86. The van der Waals surface area contributed by atoms with Crippen LogP contribution in [0, 0.1) is 5.41 Å². The SMILES string of the molecule is CCCNCC1(CN2CCCC(C)(O)CC2)CCCCC1. The van der Waals surface area contributed by atoms with E-state index in [-0.39, 0.29) is 0 Å². The molecule has 0 aromatic rings. The molecule has 1 saturated carbocycles. The Morgan fingerprint density at radius 2 is 1.76 bits per heavy atom. The second kappa shape index (κ2) is 7.94. The van der Waals surface area contributed by atoms with Crippen molar-refractivity contribution in [3.05, 3.63) is 0 Å². The second-order valence-electron chi connectivity index (χ2n) is 7.86. The van der Waals surface area contributed by atoms with E-state index in [1.54, 1.807) is 0 Å². The molecular formula is C18H36N2O. The molecule has 2 aliphatic rings. The lowest BCUT2D eigenvalue weighted by molar-refractivity contribution is 0.0409. The molecule has 1 saturated heterocycles. The molecule has 0 radical (unpaired) electrons. The quantitative estimate of drug-likeness (QED) is 0.739. The molecule has 1 unspecified atom stereocenters. The number of hydrogen-bond acceptors (Lipinski definition) is 3. The van der Waals surface area contributed by atoms with Gasteiger partial charge in [-0.2, -0.15) is 0 Å². The van der Waals surface area contributed by atoms with E-state index in [0.717, 1.165) is 32.4 Å². The maximum absolute atomic E-state index is 10.3. The van der Waals surface area contributed by atoms with Gasteiger partial charge >= 0.3 is 0 Å². The van der Waals surface area contributed by atoms with Crippen LogP contribution >= 0.6 is 0 Å². The molecule has 0 aromatic heterocycles. The lowest BCUT2D eigenvalue weighted by atomic mass is 9.73. The standard InChI is InChI=1S/C18H36N2O/c1-3-12-19-15-18(9-5-4-6-10-18)16-20-13-7-8-17(2,21)11-14-20/h19,21H,3-16H2,1-2H3. The highest BCUT2D eigenvalue weighted by Gasteiger charge is 2.35. The minimum absolute atomic E-state index is 0.436. The van der Waals surface area contributed by atoms with Crippen LogP contribution in [0.5, 0.6) is 0 Å². The smallest absolute Gasteiger partial charge is 0.0632 e. The summed E-state index contributed by atoms with van der Waals surface area (Å²) in [6, 6.07) is 0. The number of hydrogen-bond donors (Lipinski definition) is 2. The number of likely N-dealkylation sites (tertiary alicyclic amines) is 1. The summed E-state index contributed by atoms with van der Waals surface area (Å²) >= 11 is 0. The van der Waals surface area contributed by atoms with Gasteiger partial charge in [0.1, 0.15) is 0 Å². The zero-order chi connectivity index (χ0) is 15.2. The number of nitrogens with one attached hydrogen (secondary N) is 1. The van der Waals surface area contributed by atoms with Crippen molar-refractivity contribution >= 4 is 0 Å². The molecule has 1 aliphatic heterocycles. The lowest BCUT2D eigenvalue weighted by Crippen LogP contribution is -2.46. The van der Waals surface area contributed by atoms with Gasteiger partial charge in [0.25, 0.3) is 0 Å². The van der Waals surface area contributed by atoms with Crippen LogP contribution in [0.3, 0.4) is 0 Å². The average Bonchev–Trinajstić information content (AvgIpc) is 2.62. The Labute approximate surface area is 131 Å². The molecule has 2 rings (SSSR count). The molecule has 3 nitrogen and oxygen atoms in total. The monoisotopic (exact) mass is 296 g/mol. The summed E-state index contributed by atoms with van der Waals surface area (Å²) in [7, 11) is 0. The van der Waals surface area contributed by atoms with Crippen molar-refractivity contribution in [3.63, 3.8) is 0 Å². The number of aliphatic hydroxyl groups is 1. The number of rotatable bonds is 6. The predicted molar refractivity (Wildman–Crippen MR) is 89.6 cm³/mol. The molecule has 0 amide bonds. The van der Waals surface area contributed by atoms with Gasteiger partial charge in [-0.3, -0.25) is 0 Å². The van der Waals surface area contributed by atoms with Crippen molar-refractivity contribution in [2.45, 2.75) is 77.2 Å². The highest BCUT2D eigenvalue weighted by Crippen LogP contribution is 2.37. The van der Waals surface area contributed by atoms with Gasteiger partial charge < -0.3 is 15.3 Å². The summed E-state index contributed by atoms with van der Waals surface area (Å²) in [4.78, 5) is 2.64. The Morgan fingerprint density at radius 3 is 2.48 bits per heavy atom. The van der Waals surface area contributed by atoms with Gasteiger partial charge in [0.15, 0.2) is 0 Å². The number of nitrogens with zero attached hydrogens (tertiary/aromatic N) is 1. The molecule has 1 aliphatic carbocycles. The Bertz CT molecular complexity index is 298. The topological polar surface area (TPSA) is 35.5 Å². The zero-order valence-electron chi connectivity index (χ0n) is 14.3. The van der Waals surface area contributed by atoms with Crippen LogP contribution < -0.4 is 5.32 Å².